The van der Waals surface area contributed by atoms with E-state index in [1.165, 1.54) is 22.3 Å². The number of nitrogens with zero attached hydrogens (tertiary/aromatic N) is 2. The van der Waals surface area contributed by atoms with Gasteiger partial charge in [0, 0.05) is 28.7 Å². The molecule has 31 heavy (non-hydrogen) atoms. The molecule has 4 nitrogen and oxygen atoms in total. The van der Waals surface area contributed by atoms with Crippen molar-refractivity contribution in [2.24, 2.45) is 14.1 Å². The van der Waals surface area contributed by atoms with Crippen molar-refractivity contribution in [2.75, 3.05) is 0 Å². The van der Waals surface area contributed by atoms with Crippen LogP contribution in [0.3, 0.4) is 0 Å². The van der Waals surface area contributed by atoms with Crippen LogP contribution in [0.25, 0.3) is 0 Å². The molecule has 2 aliphatic heterocycles. The van der Waals surface area contributed by atoms with E-state index in [4.69, 9.17) is 9.47 Å². The molecule has 0 fully saturated rings. The van der Waals surface area contributed by atoms with Crippen LogP contribution in [0.2, 0.25) is 0 Å². The Balaban J connectivity index is 1.90. The second-order valence-electron chi connectivity index (χ2n) is 10.9. The van der Waals surface area contributed by atoms with Crippen molar-refractivity contribution < 1.29 is 18.6 Å². The van der Waals surface area contributed by atoms with Crippen molar-refractivity contribution in [2.45, 2.75) is 52.4 Å². The molecule has 2 aliphatic rings. The van der Waals surface area contributed by atoms with Crippen LogP contribution in [-0.4, -0.2) is 6.71 Å². The van der Waals surface area contributed by atoms with Gasteiger partial charge in [0.15, 0.2) is 35.1 Å². The van der Waals surface area contributed by atoms with E-state index in [0.29, 0.717) is 0 Å². The quantitative estimate of drug-likeness (QED) is 0.288. The van der Waals surface area contributed by atoms with Gasteiger partial charge < -0.3 is 9.47 Å². The van der Waals surface area contributed by atoms with Crippen molar-refractivity contribution in [1.82, 2.24) is 0 Å². The molecule has 0 bridgehead atoms. The Kier molecular flexibility index (Phi) is 4.12. The molecule has 5 rings (SSSR count). The highest BCUT2D eigenvalue weighted by Gasteiger charge is 2.53. The van der Waals surface area contributed by atoms with Crippen LogP contribution in [0.15, 0.2) is 42.7 Å². The van der Waals surface area contributed by atoms with Crippen molar-refractivity contribution in [1.29, 1.82) is 0 Å². The summed E-state index contributed by atoms with van der Waals surface area (Å²) in [7, 11) is 4.23. The third-order valence-corrected chi connectivity index (χ3v) is 6.55. The van der Waals surface area contributed by atoms with Crippen LogP contribution in [0.1, 0.15) is 52.7 Å². The molecular weight excluding hydrogens is 383 g/mol. The van der Waals surface area contributed by atoms with Crippen molar-refractivity contribution in [3.63, 3.8) is 0 Å². The number of aryl methyl sites for hydroxylation is 2. The Morgan fingerprint density at radius 1 is 0.677 bits per heavy atom. The summed E-state index contributed by atoms with van der Waals surface area (Å²) >= 11 is 0. The molecule has 0 aliphatic carbocycles. The number of benzene rings is 1. The Bertz CT molecular complexity index is 1140. The summed E-state index contributed by atoms with van der Waals surface area (Å²) in [5.74, 6) is 3.72. The molecule has 158 valence electrons. The molecule has 1 aromatic carbocycles. The van der Waals surface area contributed by atoms with Gasteiger partial charge in [-0.05, 0) is 23.0 Å². The van der Waals surface area contributed by atoms with Crippen LogP contribution in [-0.2, 0) is 24.9 Å². The van der Waals surface area contributed by atoms with Gasteiger partial charge in [-0.15, -0.1) is 0 Å². The zero-order chi connectivity index (χ0) is 22.3. The first-order valence-corrected chi connectivity index (χ1v) is 11.0. The first kappa shape index (κ1) is 20.1. The molecule has 3 aromatic rings. The summed E-state index contributed by atoms with van der Waals surface area (Å²) in [4.78, 5) is 0. The minimum atomic E-state index is -0.0309. The molecule has 0 amide bonds. The van der Waals surface area contributed by atoms with E-state index in [1.54, 1.807) is 0 Å². The van der Waals surface area contributed by atoms with Gasteiger partial charge in [-0.3, -0.25) is 0 Å². The largest absolute Gasteiger partial charge is 0.452 e. The van der Waals surface area contributed by atoms with E-state index in [0.717, 1.165) is 28.5 Å². The predicted octanol–water partition coefficient (Wildman–Crippen LogP) is 2.66. The van der Waals surface area contributed by atoms with Gasteiger partial charge in [0.1, 0.15) is 25.6 Å². The lowest BCUT2D eigenvalue weighted by Gasteiger charge is -2.33. The summed E-state index contributed by atoms with van der Waals surface area (Å²) in [6, 6.07) is 10.5. The first-order valence-electron chi connectivity index (χ1n) is 11.0. The Morgan fingerprint density at radius 2 is 1.10 bits per heavy atom. The van der Waals surface area contributed by atoms with Gasteiger partial charge in [-0.25, -0.2) is 9.13 Å². The lowest BCUT2D eigenvalue weighted by molar-refractivity contribution is -0.659. The van der Waals surface area contributed by atoms with E-state index < -0.39 is 0 Å². The van der Waals surface area contributed by atoms with E-state index in [9.17, 15) is 0 Å². The monoisotopic (exact) mass is 414 g/mol. The second-order valence-corrected chi connectivity index (χ2v) is 10.9. The van der Waals surface area contributed by atoms with Crippen LogP contribution in [0, 0.1) is 0 Å². The molecule has 0 unspecified atom stereocenters. The highest BCUT2D eigenvalue weighted by molar-refractivity contribution is 6.96. The predicted molar refractivity (Wildman–Crippen MR) is 124 cm³/mol. The van der Waals surface area contributed by atoms with Crippen molar-refractivity contribution >= 4 is 23.4 Å². The van der Waals surface area contributed by atoms with Gasteiger partial charge in [0.2, 0.25) is 0 Å². The number of hydrogen-bond donors (Lipinski definition) is 0. The van der Waals surface area contributed by atoms with Gasteiger partial charge in [-0.1, -0.05) is 47.6 Å². The molecule has 2 aromatic heterocycles. The fourth-order valence-electron chi connectivity index (χ4n) is 4.96. The Morgan fingerprint density at radius 3 is 1.48 bits per heavy atom. The Hall–Kier alpha value is -2.82. The van der Waals surface area contributed by atoms with Gasteiger partial charge in [-0.2, -0.15) is 0 Å². The van der Waals surface area contributed by atoms with E-state index in [2.05, 4.69) is 101 Å². The zero-order valence-corrected chi connectivity index (χ0v) is 19.8. The summed E-state index contributed by atoms with van der Waals surface area (Å²) < 4.78 is 17.6. The van der Waals surface area contributed by atoms with Gasteiger partial charge in [0.05, 0.1) is 0 Å². The van der Waals surface area contributed by atoms with E-state index in [1.807, 2.05) is 6.07 Å². The molecule has 0 N–H and O–H groups in total. The molecular formula is C26H31BN2O2+2. The minimum Gasteiger partial charge on any atom is -0.452 e. The standard InChI is InChI=1S/C26H31BN2O2/c1-25(2,3)16-12-14-28(7)23-21(16)30-18-10-9-11-19-20(18)27(23)24-22(31-19)17(26(4,5)6)13-15-29(24)8/h9-15H,1-8H3/q+2. The number of ether oxygens (including phenoxy) is 2. The highest BCUT2D eigenvalue weighted by Crippen LogP contribution is 2.40. The minimum absolute atomic E-state index is 0.0309. The lowest BCUT2D eigenvalue weighted by atomic mass is 9.37. The highest BCUT2D eigenvalue weighted by atomic mass is 16.5. The SMILES string of the molecule is C[n+]1ccc(C(C)(C)C)c2c1B1c3c(cccc3Oc3c(C(C)(C)C)cc[n+](C)c31)O2. The third-order valence-electron chi connectivity index (χ3n) is 6.55. The van der Waals surface area contributed by atoms with Crippen LogP contribution in [0.5, 0.6) is 23.0 Å². The first-order chi connectivity index (χ1) is 14.5. The van der Waals surface area contributed by atoms with Crippen molar-refractivity contribution in [3.8, 4) is 23.0 Å². The third kappa shape index (κ3) is 2.89. The maximum atomic E-state index is 6.61. The molecule has 0 radical (unpaired) electrons. The molecule has 0 saturated carbocycles. The van der Waals surface area contributed by atoms with Crippen LogP contribution < -0.4 is 35.3 Å². The normalized spacial score (nSPS) is 14.3. The Labute approximate surface area is 185 Å². The lowest BCUT2D eigenvalue weighted by Crippen LogP contribution is -2.73. The molecule has 0 saturated heterocycles. The zero-order valence-electron chi connectivity index (χ0n) is 19.8. The molecule has 0 spiro atoms. The van der Waals surface area contributed by atoms with Crippen LogP contribution in [0.4, 0.5) is 0 Å². The number of fused-ring (bicyclic) bond motifs is 4. The molecule has 5 heteroatoms. The number of aromatic nitrogens is 2. The van der Waals surface area contributed by atoms with Crippen LogP contribution >= 0.6 is 0 Å². The van der Waals surface area contributed by atoms with E-state index in [-0.39, 0.29) is 17.5 Å². The van der Waals surface area contributed by atoms with Crippen molar-refractivity contribution in [3.05, 3.63) is 53.9 Å². The summed E-state index contributed by atoms with van der Waals surface area (Å²) in [6.45, 7) is 13.5. The average Bonchev–Trinajstić information content (AvgIpc) is 2.66. The fourth-order valence-corrected chi connectivity index (χ4v) is 4.96. The molecule has 4 heterocycles. The summed E-state index contributed by atoms with van der Waals surface area (Å²) in [5, 5.41) is 0. The summed E-state index contributed by atoms with van der Waals surface area (Å²) in [5.41, 5.74) is 5.86. The summed E-state index contributed by atoms with van der Waals surface area (Å²) in [6.07, 6.45) is 4.33. The van der Waals surface area contributed by atoms with Gasteiger partial charge >= 0.3 is 6.71 Å². The fraction of sp³-hybridized carbons (Fsp3) is 0.385. The topological polar surface area (TPSA) is 26.2 Å². The van der Waals surface area contributed by atoms with E-state index >= 15 is 0 Å². The average molecular weight is 414 g/mol. The van der Waals surface area contributed by atoms with Gasteiger partial charge in [0.25, 0.3) is 0 Å². The number of hydrogen-bond acceptors (Lipinski definition) is 2. The smallest absolute Gasteiger partial charge is 0.423 e. The number of pyridine rings is 2. The molecule has 0 atom stereocenters. The maximum Gasteiger partial charge on any atom is 0.423 e. The maximum absolute atomic E-state index is 6.61. The second kappa shape index (κ2) is 6.35. The number of rotatable bonds is 0.